The van der Waals surface area contributed by atoms with Crippen LogP contribution in [0.3, 0.4) is 0 Å². The first-order chi connectivity index (χ1) is 16.1. The summed E-state index contributed by atoms with van der Waals surface area (Å²) in [6.07, 6.45) is 8.09. The minimum absolute atomic E-state index is 0.0681. The molecule has 0 unspecified atom stereocenters. The van der Waals surface area contributed by atoms with Gasteiger partial charge < -0.3 is 9.80 Å². The molecule has 1 saturated heterocycles. The summed E-state index contributed by atoms with van der Waals surface area (Å²) in [6.45, 7) is 6.29. The van der Waals surface area contributed by atoms with E-state index in [1.54, 1.807) is 30.7 Å². The second kappa shape index (κ2) is 9.94. The van der Waals surface area contributed by atoms with Crippen molar-refractivity contribution in [2.45, 2.75) is 26.7 Å². The lowest BCUT2D eigenvalue weighted by atomic mass is 9.79. The molecule has 0 N–H and O–H groups in total. The maximum absolute atomic E-state index is 13.8. The Morgan fingerprint density at radius 3 is 2.36 bits per heavy atom. The average molecular weight is 443 g/mol. The van der Waals surface area contributed by atoms with E-state index in [1.165, 1.54) is 0 Å². The fraction of sp³-hybridized carbons (Fsp3) is 0.333. The minimum Gasteiger partial charge on any atom is -0.343 e. The summed E-state index contributed by atoms with van der Waals surface area (Å²) in [5, 5.41) is 0. The van der Waals surface area contributed by atoms with Gasteiger partial charge in [0.2, 0.25) is 5.91 Å². The van der Waals surface area contributed by atoms with Gasteiger partial charge in [-0.25, -0.2) is 0 Å². The zero-order valence-corrected chi connectivity index (χ0v) is 19.3. The van der Waals surface area contributed by atoms with E-state index < -0.39 is 5.41 Å². The summed E-state index contributed by atoms with van der Waals surface area (Å²) in [6, 6.07) is 15.8. The van der Waals surface area contributed by atoms with Gasteiger partial charge in [0.1, 0.15) is 0 Å². The third kappa shape index (κ3) is 4.80. The van der Waals surface area contributed by atoms with Crippen molar-refractivity contribution in [2.75, 3.05) is 26.2 Å². The lowest BCUT2D eigenvalue weighted by molar-refractivity contribution is -0.141. The quantitative estimate of drug-likeness (QED) is 0.553. The summed E-state index contributed by atoms with van der Waals surface area (Å²) in [5.74, 6) is 0.0576. The second-order valence-electron chi connectivity index (χ2n) is 8.60. The predicted octanol–water partition coefficient (Wildman–Crippen LogP) is 4.09. The van der Waals surface area contributed by atoms with Gasteiger partial charge in [0.25, 0.3) is 5.91 Å². The van der Waals surface area contributed by atoms with Gasteiger partial charge in [-0.05, 0) is 61.6 Å². The van der Waals surface area contributed by atoms with Crippen LogP contribution in [-0.2, 0) is 11.2 Å². The van der Waals surface area contributed by atoms with E-state index in [-0.39, 0.29) is 11.8 Å². The number of hydrogen-bond acceptors (Lipinski definition) is 4. The molecule has 3 heterocycles. The van der Waals surface area contributed by atoms with E-state index >= 15 is 0 Å². The molecular weight excluding hydrogens is 412 g/mol. The molecule has 1 aliphatic heterocycles. The van der Waals surface area contributed by atoms with E-state index in [4.69, 9.17) is 0 Å². The van der Waals surface area contributed by atoms with Crippen molar-refractivity contribution in [1.29, 1.82) is 0 Å². The van der Waals surface area contributed by atoms with Crippen LogP contribution in [0.1, 0.15) is 36.2 Å². The first-order valence-electron chi connectivity index (χ1n) is 11.5. The van der Waals surface area contributed by atoms with Crippen LogP contribution in [0.2, 0.25) is 0 Å². The Labute approximate surface area is 195 Å². The van der Waals surface area contributed by atoms with Crippen molar-refractivity contribution in [1.82, 2.24) is 19.8 Å². The number of carbonyl (C=O) groups is 2. The number of nitrogens with zero attached hydrogens (tertiary/aromatic N) is 4. The van der Waals surface area contributed by atoms with Crippen molar-refractivity contribution >= 4 is 11.8 Å². The van der Waals surface area contributed by atoms with E-state index in [0.717, 1.165) is 16.7 Å². The normalized spacial score (nSPS) is 17.7. The second-order valence-corrected chi connectivity index (χ2v) is 8.60. The van der Waals surface area contributed by atoms with Crippen LogP contribution >= 0.6 is 0 Å². The molecule has 1 atom stereocenters. The van der Waals surface area contributed by atoms with Gasteiger partial charge >= 0.3 is 0 Å². The molecule has 6 nitrogen and oxygen atoms in total. The van der Waals surface area contributed by atoms with Crippen molar-refractivity contribution < 1.29 is 9.59 Å². The van der Waals surface area contributed by atoms with Gasteiger partial charge in [0.15, 0.2) is 0 Å². The summed E-state index contributed by atoms with van der Waals surface area (Å²) >= 11 is 0. The summed E-state index contributed by atoms with van der Waals surface area (Å²) in [7, 11) is 0. The Hall–Kier alpha value is -3.54. The zero-order chi connectivity index (χ0) is 23.3. The van der Waals surface area contributed by atoms with E-state index in [1.807, 2.05) is 48.0 Å². The fourth-order valence-electron chi connectivity index (χ4n) is 4.74. The SMILES string of the molecule is CCN(CC)C(=O)[C@]1(Cc2cccc(-c3cccnc3)c2)CCN(C(=O)c2cccnc2)C1. The van der Waals surface area contributed by atoms with Crippen molar-refractivity contribution in [3.05, 3.63) is 84.4 Å². The Balaban J connectivity index is 1.64. The number of pyridine rings is 2. The molecule has 1 aromatic carbocycles. The Kier molecular flexibility index (Phi) is 6.82. The third-order valence-electron chi connectivity index (χ3n) is 6.52. The number of aromatic nitrogens is 2. The zero-order valence-electron chi connectivity index (χ0n) is 19.3. The van der Waals surface area contributed by atoms with Gasteiger partial charge in [-0.3, -0.25) is 19.6 Å². The topological polar surface area (TPSA) is 66.4 Å². The number of likely N-dealkylation sites (tertiary alicyclic amines) is 1. The van der Waals surface area contributed by atoms with Crippen LogP contribution < -0.4 is 0 Å². The van der Waals surface area contributed by atoms with Gasteiger partial charge in [-0.2, -0.15) is 0 Å². The summed E-state index contributed by atoms with van der Waals surface area (Å²) < 4.78 is 0. The van der Waals surface area contributed by atoms with E-state index in [9.17, 15) is 9.59 Å². The molecule has 2 aromatic heterocycles. The van der Waals surface area contributed by atoms with Crippen LogP contribution in [0.15, 0.2) is 73.3 Å². The van der Waals surface area contributed by atoms with Crippen molar-refractivity contribution in [3.8, 4) is 11.1 Å². The largest absolute Gasteiger partial charge is 0.343 e. The third-order valence-corrected chi connectivity index (χ3v) is 6.52. The van der Waals surface area contributed by atoms with Crippen LogP contribution in [0.4, 0.5) is 0 Å². The molecule has 0 radical (unpaired) electrons. The molecule has 4 rings (SSSR count). The van der Waals surface area contributed by atoms with E-state index in [2.05, 4.69) is 28.2 Å². The molecule has 0 spiro atoms. The van der Waals surface area contributed by atoms with Crippen LogP contribution in [0, 0.1) is 5.41 Å². The average Bonchev–Trinajstić information content (AvgIpc) is 3.30. The van der Waals surface area contributed by atoms with Gasteiger partial charge in [0, 0.05) is 51.0 Å². The van der Waals surface area contributed by atoms with Crippen LogP contribution in [0.5, 0.6) is 0 Å². The highest BCUT2D eigenvalue weighted by molar-refractivity contribution is 5.95. The monoisotopic (exact) mass is 442 g/mol. The maximum Gasteiger partial charge on any atom is 0.255 e. The lowest BCUT2D eigenvalue weighted by Crippen LogP contribution is -2.47. The molecule has 0 saturated carbocycles. The lowest BCUT2D eigenvalue weighted by Gasteiger charge is -2.34. The summed E-state index contributed by atoms with van der Waals surface area (Å²) in [4.78, 5) is 38.9. The van der Waals surface area contributed by atoms with Gasteiger partial charge in [-0.15, -0.1) is 0 Å². The van der Waals surface area contributed by atoms with Crippen LogP contribution in [0.25, 0.3) is 11.1 Å². The van der Waals surface area contributed by atoms with Gasteiger partial charge in [0.05, 0.1) is 11.0 Å². The predicted molar refractivity (Wildman–Crippen MR) is 128 cm³/mol. The fourth-order valence-corrected chi connectivity index (χ4v) is 4.74. The standard InChI is InChI=1S/C27H30N4O2/c1-3-30(4-2)26(33)27(12-15-31(20-27)25(32)24-11-7-14-29-19-24)17-21-8-5-9-22(16-21)23-10-6-13-28-18-23/h5-11,13-14,16,18-19H,3-4,12,15,17,20H2,1-2H3/t27-/m0/s1. The Morgan fingerprint density at radius 2 is 1.70 bits per heavy atom. The van der Waals surface area contributed by atoms with Crippen LogP contribution in [-0.4, -0.2) is 57.8 Å². The molecule has 3 aromatic rings. The minimum atomic E-state index is -0.641. The number of amides is 2. The first-order valence-corrected chi connectivity index (χ1v) is 11.5. The molecule has 0 bridgehead atoms. The van der Waals surface area contributed by atoms with E-state index in [0.29, 0.717) is 44.6 Å². The highest BCUT2D eigenvalue weighted by atomic mass is 16.2. The van der Waals surface area contributed by atoms with Crippen molar-refractivity contribution in [3.63, 3.8) is 0 Å². The Bertz CT molecular complexity index is 1100. The number of hydrogen-bond donors (Lipinski definition) is 0. The first kappa shape index (κ1) is 22.6. The molecule has 0 aliphatic carbocycles. The summed E-state index contributed by atoms with van der Waals surface area (Å²) in [5.41, 5.74) is 3.13. The molecule has 1 fully saturated rings. The molecule has 2 amide bonds. The smallest absolute Gasteiger partial charge is 0.255 e. The number of carbonyl (C=O) groups excluding carboxylic acids is 2. The number of rotatable bonds is 7. The highest BCUT2D eigenvalue weighted by Crippen LogP contribution is 2.37. The molecule has 6 heteroatoms. The highest BCUT2D eigenvalue weighted by Gasteiger charge is 2.47. The molecule has 1 aliphatic rings. The molecule has 33 heavy (non-hydrogen) atoms. The Morgan fingerprint density at radius 1 is 0.970 bits per heavy atom. The van der Waals surface area contributed by atoms with Gasteiger partial charge in [-0.1, -0.05) is 30.3 Å². The molecular formula is C27H30N4O2. The maximum atomic E-state index is 13.8. The van der Waals surface area contributed by atoms with Crippen molar-refractivity contribution in [2.24, 2.45) is 5.41 Å². The molecule has 170 valence electrons. The number of benzene rings is 1.